The summed E-state index contributed by atoms with van der Waals surface area (Å²) in [5.74, 6) is 0.990. The van der Waals surface area contributed by atoms with Gasteiger partial charge < -0.3 is 5.11 Å². The number of benzene rings is 1. The van der Waals surface area contributed by atoms with E-state index in [1.807, 2.05) is 0 Å². The summed E-state index contributed by atoms with van der Waals surface area (Å²) in [4.78, 5) is 0. The SMILES string of the molecule is Cc1ccc(C(O)(CC(C)C)CC(C)C)c(C)c1. The molecule has 1 N–H and O–H groups in total. The summed E-state index contributed by atoms with van der Waals surface area (Å²) in [6.07, 6.45) is 1.66. The topological polar surface area (TPSA) is 20.2 Å². The van der Waals surface area contributed by atoms with Crippen molar-refractivity contribution >= 4 is 0 Å². The van der Waals surface area contributed by atoms with Gasteiger partial charge in [0.05, 0.1) is 5.60 Å². The van der Waals surface area contributed by atoms with E-state index in [9.17, 15) is 5.11 Å². The van der Waals surface area contributed by atoms with Crippen LogP contribution in [0.2, 0.25) is 0 Å². The van der Waals surface area contributed by atoms with Gasteiger partial charge in [0.25, 0.3) is 0 Å². The van der Waals surface area contributed by atoms with Crippen molar-refractivity contribution < 1.29 is 5.11 Å². The Morgan fingerprint density at radius 2 is 1.50 bits per heavy atom. The molecule has 1 aromatic carbocycles. The van der Waals surface area contributed by atoms with E-state index in [0.29, 0.717) is 11.8 Å². The minimum Gasteiger partial charge on any atom is -0.385 e. The van der Waals surface area contributed by atoms with Crippen LogP contribution >= 0.6 is 0 Å². The van der Waals surface area contributed by atoms with Gasteiger partial charge in [0, 0.05) is 0 Å². The van der Waals surface area contributed by atoms with Crippen LogP contribution in [-0.2, 0) is 5.60 Å². The van der Waals surface area contributed by atoms with Gasteiger partial charge in [0.1, 0.15) is 0 Å². The van der Waals surface area contributed by atoms with Crippen molar-refractivity contribution in [3.63, 3.8) is 0 Å². The Balaban J connectivity index is 3.16. The van der Waals surface area contributed by atoms with Crippen molar-refractivity contribution in [1.29, 1.82) is 0 Å². The molecule has 0 aliphatic carbocycles. The quantitative estimate of drug-likeness (QED) is 0.808. The van der Waals surface area contributed by atoms with Gasteiger partial charge in [-0.1, -0.05) is 51.5 Å². The Morgan fingerprint density at radius 3 is 1.89 bits per heavy atom. The summed E-state index contributed by atoms with van der Waals surface area (Å²) in [5, 5.41) is 11.1. The molecule has 0 radical (unpaired) electrons. The molecular formula is C17H28O. The van der Waals surface area contributed by atoms with E-state index in [1.54, 1.807) is 0 Å². The van der Waals surface area contributed by atoms with Crippen molar-refractivity contribution in [3.05, 3.63) is 34.9 Å². The number of rotatable bonds is 5. The Kier molecular flexibility index (Phi) is 4.98. The van der Waals surface area contributed by atoms with Gasteiger partial charge in [0.2, 0.25) is 0 Å². The summed E-state index contributed by atoms with van der Waals surface area (Å²) >= 11 is 0. The molecule has 0 bridgehead atoms. The number of aliphatic hydroxyl groups is 1. The molecule has 0 fully saturated rings. The third-order valence-corrected chi connectivity index (χ3v) is 3.38. The molecule has 0 saturated heterocycles. The van der Waals surface area contributed by atoms with Crippen LogP contribution in [-0.4, -0.2) is 5.11 Å². The molecule has 102 valence electrons. The van der Waals surface area contributed by atoms with Crippen LogP contribution in [0.1, 0.15) is 57.2 Å². The molecular weight excluding hydrogens is 220 g/mol. The maximum atomic E-state index is 11.1. The van der Waals surface area contributed by atoms with Crippen molar-refractivity contribution in [2.45, 2.75) is 60.0 Å². The lowest BCUT2D eigenvalue weighted by Crippen LogP contribution is -2.30. The lowest BCUT2D eigenvalue weighted by molar-refractivity contribution is -0.00503. The van der Waals surface area contributed by atoms with E-state index in [-0.39, 0.29) is 0 Å². The number of hydrogen-bond donors (Lipinski definition) is 1. The van der Waals surface area contributed by atoms with Gasteiger partial charge in [-0.05, 0) is 49.7 Å². The highest BCUT2D eigenvalue weighted by Gasteiger charge is 2.32. The predicted octanol–water partition coefficient (Wildman–Crippen LogP) is 4.58. The van der Waals surface area contributed by atoms with E-state index in [1.165, 1.54) is 11.1 Å². The highest BCUT2D eigenvalue weighted by molar-refractivity contribution is 5.34. The lowest BCUT2D eigenvalue weighted by Gasteiger charge is -2.33. The Bertz CT molecular complexity index is 381. The second kappa shape index (κ2) is 5.88. The third-order valence-electron chi connectivity index (χ3n) is 3.38. The Labute approximate surface area is 112 Å². The van der Waals surface area contributed by atoms with Crippen LogP contribution in [0.5, 0.6) is 0 Å². The average molecular weight is 248 g/mol. The molecule has 0 heterocycles. The van der Waals surface area contributed by atoms with E-state index in [2.05, 4.69) is 59.7 Å². The molecule has 0 saturated carbocycles. The normalized spacial score (nSPS) is 12.5. The van der Waals surface area contributed by atoms with Gasteiger partial charge >= 0.3 is 0 Å². The van der Waals surface area contributed by atoms with Crippen molar-refractivity contribution in [3.8, 4) is 0 Å². The van der Waals surface area contributed by atoms with Crippen LogP contribution in [0.25, 0.3) is 0 Å². The van der Waals surface area contributed by atoms with Crippen LogP contribution in [0.15, 0.2) is 18.2 Å². The molecule has 0 spiro atoms. The van der Waals surface area contributed by atoms with E-state index < -0.39 is 5.60 Å². The monoisotopic (exact) mass is 248 g/mol. The zero-order valence-electron chi connectivity index (χ0n) is 12.7. The lowest BCUT2D eigenvalue weighted by atomic mass is 9.78. The predicted molar refractivity (Wildman–Crippen MR) is 78.7 cm³/mol. The van der Waals surface area contributed by atoms with Gasteiger partial charge in [-0.3, -0.25) is 0 Å². The molecule has 1 heteroatoms. The first kappa shape index (κ1) is 15.2. The Morgan fingerprint density at radius 1 is 1.00 bits per heavy atom. The zero-order chi connectivity index (χ0) is 13.9. The maximum Gasteiger partial charge on any atom is 0.0904 e. The van der Waals surface area contributed by atoms with Gasteiger partial charge in [-0.25, -0.2) is 0 Å². The molecule has 0 unspecified atom stereocenters. The van der Waals surface area contributed by atoms with Crippen LogP contribution in [0, 0.1) is 25.7 Å². The highest BCUT2D eigenvalue weighted by atomic mass is 16.3. The van der Waals surface area contributed by atoms with Gasteiger partial charge in [0.15, 0.2) is 0 Å². The molecule has 1 rings (SSSR count). The minimum absolute atomic E-state index is 0.495. The van der Waals surface area contributed by atoms with Crippen LogP contribution in [0.3, 0.4) is 0 Å². The molecule has 1 aromatic rings. The summed E-state index contributed by atoms with van der Waals surface area (Å²) in [6.45, 7) is 12.9. The summed E-state index contributed by atoms with van der Waals surface area (Å²) in [5.41, 5.74) is 2.89. The third kappa shape index (κ3) is 3.84. The number of aryl methyl sites for hydroxylation is 2. The highest BCUT2D eigenvalue weighted by Crippen LogP contribution is 2.36. The first-order valence-corrected chi connectivity index (χ1v) is 7.04. The standard InChI is InChI=1S/C17H28O/c1-12(2)10-17(18,11-13(3)4)16-8-7-14(5)9-15(16)6/h7-9,12-13,18H,10-11H2,1-6H3. The first-order chi connectivity index (χ1) is 8.24. The Hall–Kier alpha value is -0.820. The van der Waals surface area contributed by atoms with Crippen LogP contribution < -0.4 is 0 Å². The van der Waals surface area contributed by atoms with Gasteiger partial charge in [-0.15, -0.1) is 0 Å². The van der Waals surface area contributed by atoms with E-state index in [0.717, 1.165) is 18.4 Å². The summed E-state index contributed by atoms with van der Waals surface area (Å²) in [7, 11) is 0. The molecule has 18 heavy (non-hydrogen) atoms. The largest absolute Gasteiger partial charge is 0.385 e. The zero-order valence-corrected chi connectivity index (χ0v) is 12.7. The fraction of sp³-hybridized carbons (Fsp3) is 0.647. The van der Waals surface area contributed by atoms with Gasteiger partial charge in [-0.2, -0.15) is 0 Å². The summed E-state index contributed by atoms with van der Waals surface area (Å²) in [6, 6.07) is 6.38. The summed E-state index contributed by atoms with van der Waals surface area (Å²) < 4.78 is 0. The maximum absolute atomic E-state index is 11.1. The molecule has 0 aliphatic rings. The van der Waals surface area contributed by atoms with Crippen molar-refractivity contribution in [2.75, 3.05) is 0 Å². The van der Waals surface area contributed by atoms with E-state index >= 15 is 0 Å². The molecule has 0 atom stereocenters. The molecule has 0 aromatic heterocycles. The van der Waals surface area contributed by atoms with Crippen molar-refractivity contribution in [2.24, 2.45) is 11.8 Å². The molecule has 0 aliphatic heterocycles. The van der Waals surface area contributed by atoms with Crippen molar-refractivity contribution in [1.82, 2.24) is 0 Å². The molecule has 1 nitrogen and oxygen atoms in total. The van der Waals surface area contributed by atoms with E-state index in [4.69, 9.17) is 0 Å². The average Bonchev–Trinajstić information content (AvgIpc) is 2.13. The smallest absolute Gasteiger partial charge is 0.0904 e. The first-order valence-electron chi connectivity index (χ1n) is 7.04. The number of hydrogen-bond acceptors (Lipinski definition) is 1. The second-order valence-corrected chi connectivity index (χ2v) is 6.55. The van der Waals surface area contributed by atoms with Crippen LogP contribution in [0.4, 0.5) is 0 Å². The fourth-order valence-electron chi connectivity index (χ4n) is 2.99. The second-order valence-electron chi connectivity index (χ2n) is 6.55. The minimum atomic E-state index is -0.680. The molecule has 0 amide bonds. The fourth-order valence-corrected chi connectivity index (χ4v) is 2.99.